The standard InChI is InChI=1S/C5H10N/c1-3-4-5-6-2/h4-6H,2-3H2,1H3. The zero-order valence-electron chi connectivity index (χ0n) is 4.07. The van der Waals surface area contributed by atoms with Crippen LogP contribution in [0.25, 0.3) is 0 Å². The van der Waals surface area contributed by atoms with E-state index in [4.69, 9.17) is 0 Å². The molecule has 1 N–H and O–H groups in total. The largest absolute Gasteiger partial charge is 0.389 e. The van der Waals surface area contributed by atoms with Crippen molar-refractivity contribution in [2.24, 2.45) is 0 Å². The molecule has 0 aromatic rings. The van der Waals surface area contributed by atoms with Crippen LogP contribution in [0.5, 0.6) is 0 Å². The SMILES string of the molecule is [CH2]NC=CCC. The second-order valence-corrected chi connectivity index (χ2v) is 1.01. The fourth-order valence-corrected chi connectivity index (χ4v) is 0.201. The molecule has 0 heterocycles. The van der Waals surface area contributed by atoms with Gasteiger partial charge in [-0.05, 0) is 12.6 Å². The Labute approximate surface area is 39.1 Å². The summed E-state index contributed by atoms with van der Waals surface area (Å²) in [5, 5.41) is 2.64. The Bertz CT molecular complexity index is 33.2. The van der Waals surface area contributed by atoms with Gasteiger partial charge in [-0.2, -0.15) is 0 Å². The zero-order chi connectivity index (χ0) is 4.83. The van der Waals surface area contributed by atoms with Crippen molar-refractivity contribution in [1.82, 2.24) is 5.32 Å². The molecule has 0 rings (SSSR count). The molecule has 1 radical (unpaired) electrons. The van der Waals surface area contributed by atoms with Crippen LogP contribution in [0.1, 0.15) is 13.3 Å². The third kappa shape index (κ3) is 3.54. The van der Waals surface area contributed by atoms with E-state index in [9.17, 15) is 0 Å². The topological polar surface area (TPSA) is 12.0 Å². The summed E-state index contributed by atoms with van der Waals surface area (Å²) in [5.74, 6) is 0. The lowest BCUT2D eigenvalue weighted by Gasteiger charge is -1.78. The lowest BCUT2D eigenvalue weighted by molar-refractivity contribution is 1.13. The molecule has 6 heavy (non-hydrogen) atoms. The summed E-state index contributed by atoms with van der Waals surface area (Å²) in [5.41, 5.74) is 0. The van der Waals surface area contributed by atoms with E-state index < -0.39 is 0 Å². The second-order valence-electron chi connectivity index (χ2n) is 1.01. The van der Waals surface area contributed by atoms with E-state index in [1.165, 1.54) is 0 Å². The van der Waals surface area contributed by atoms with Crippen LogP contribution in [0.15, 0.2) is 12.3 Å². The molecule has 0 saturated heterocycles. The summed E-state index contributed by atoms with van der Waals surface area (Å²) in [6.07, 6.45) is 4.90. The number of nitrogens with one attached hydrogen (secondary N) is 1. The maximum Gasteiger partial charge on any atom is 0.0314 e. The lowest BCUT2D eigenvalue weighted by atomic mass is 10.5. The highest BCUT2D eigenvalue weighted by atomic mass is 14.8. The van der Waals surface area contributed by atoms with Crippen LogP contribution in [-0.4, -0.2) is 0 Å². The third-order valence-corrected chi connectivity index (χ3v) is 0.471. The van der Waals surface area contributed by atoms with E-state index in [-0.39, 0.29) is 0 Å². The van der Waals surface area contributed by atoms with Gasteiger partial charge >= 0.3 is 0 Å². The molecule has 0 aromatic carbocycles. The fourth-order valence-electron chi connectivity index (χ4n) is 0.201. The first-order valence-corrected chi connectivity index (χ1v) is 2.09. The van der Waals surface area contributed by atoms with Crippen LogP contribution < -0.4 is 5.32 Å². The van der Waals surface area contributed by atoms with Crippen LogP contribution in [0.3, 0.4) is 0 Å². The summed E-state index contributed by atoms with van der Waals surface area (Å²) in [7, 11) is 3.39. The molecular weight excluding hydrogens is 74.1 g/mol. The Balaban J connectivity index is 2.73. The van der Waals surface area contributed by atoms with E-state index in [2.05, 4.69) is 19.3 Å². The van der Waals surface area contributed by atoms with E-state index in [0.717, 1.165) is 6.42 Å². The minimum absolute atomic E-state index is 1.07. The summed E-state index contributed by atoms with van der Waals surface area (Å²) >= 11 is 0. The van der Waals surface area contributed by atoms with Gasteiger partial charge in [-0.15, -0.1) is 0 Å². The maximum absolute atomic E-state index is 3.39. The predicted octanol–water partition coefficient (Wildman–Crippen LogP) is 1.29. The quantitative estimate of drug-likeness (QED) is 0.531. The highest BCUT2D eigenvalue weighted by Gasteiger charge is 1.57. The van der Waals surface area contributed by atoms with Crippen molar-refractivity contribution in [2.75, 3.05) is 0 Å². The van der Waals surface area contributed by atoms with E-state index >= 15 is 0 Å². The normalized spacial score (nSPS) is 9.67. The molecule has 0 aliphatic heterocycles. The molecule has 1 heteroatoms. The van der Waals surface area contributed by atoms with Crippen molar-refractivity contribution in [1.29, 1.82) is 0 Å². The molecule has 0 saturated carbocycles. The number of allylic oxidation sites excluding steroid dienone is 1. The number of hydrogen-bond donors (Lipinski definition) is 1. The van der Waals surface area contributed by atoms with Gasteiger partial charge in [0.25, 0.3) is 0 Å². The van der Waals surface area contributed by atoms with Gasteiger partial charge in [-0.1, -0.05) is 13.0 Å². The first-order chi connectivity index (χ1) is 2.91. The van der Waals surface area contributed by atoms with E-state index in [1.54, 1.807) is 0 Å². The third-order valence-electron chi connectivity index (χ3n) is 0.471. The van der Waals surface area contributed by atoms with Gasteiger partial charge in [0, 0.05) is 7.05 Å². The van der Waals surface area contributed by atoms with Gasteiger partial charge in [0.05, 0.1) is 0 Å². The van der Waals surface area contributed by atoms with Gasteiger partial charge in [-0.25, -0.2) is 0 Å². The summed E-state index contributed by atoms with van der Waals surface area (Å²) < 4.78 is 0. The Morgan fingerprint density at radius 3 is 2.67 bits per heavy atom. The van der Waals surface area contributed by atoms with Crippen molar-refractivity contribution in [3.05, 3.63) is 19.3 Å². The number of rotatable bonds is 2. The van der Waals surface area contributed by atoms with Crippen molar-refractivity contribution >= 4 is 0 Å². The zero-order valence-corrected chi connectivity index (χ0v) is 4.07. The molecule has 0 bridgehead atoms. The highest BCUT2D eigenvalue weighted by Crippen LogP contribution is 1.72. The summed E-state index contributed by atoms with van der Waals surface area (Å²) in [6.45, 7) is 2.08. The van der Waals surface area contributed by atoms with Gasteiger partial charge in [-0.3, -0.25) is 0 Å². The molecule has 0 aromatic heterocycles. The van der Waals surface area contributed by atoms with Crippen molar-refractivity contribution in [2.45, 2.75) is 13.3 Å². The van der Waals surface area contributed by atoms with Crippen molar-refractivity contribution in [3.8, 4) is 0 Å². The monoisotopic (exact) mass is 84.1 g/mol. The van der Waals surface area contributed by atoms with Crippen LogP contribution >= 0.6 is 0 Å². The van der Waals surface area contributed by atoms with Crippen LogP contribution in [0.2, 0.25) is 0 Å². The molecule has 0 atom stereocenters. The van der Waals surface area contributed by atoms with Crippen LogP contribution in [0, 0.1) is 7.05 Å². The molecule has 1 nitrogen and oxygen atoms in total. The minimum atomic E-state index is 1.07. The summed E-state index contributed by atoms with van der Waals surface area (Å²) in [6, 6.07) is 0. The molecule has 35 valence electrons. The van der Waals surface area contributed by atoms with E-state index in [0.29, 0.717) is 0 Å². The number of hydrogen-bond acceptors (Lipinski definition) is 1. The Kier molecular flexibility index (Phi) is 4.19. The maximum atomic E-state index is 3.39. The Morgan fingerprint density at radius 2 is 2.50 bits per heavy atom. The molecule has 0 amide bonds. The molecule has 0 spiro atoms. The van der Waals surface area contributed by atoms with Gasteiger partial charge in [0.1, 0.15) is 0 Å². The van der Waals surface area contributed by atoms with Crippen LogP contribution in [-0.2, 0) is 0 Å². The predicted molar refractivity (Wildman–Crippen MR) is 27.9 cm³/mol. The van der Waals surface area contributed by atoms with Crippen molar-refractivity contribution in [3.63, 3.8) is 0 Å². The van der Waals surface area contributed by atoms with Crippen molar-refractivity contribution < 1.29 is 0 Å². The van der Waals surface area contributed by atoms with Gasteiger partial charge in [0.15, 0.2) is 0 Å². The van der Waals surface area contributed by atoms with Gasteiger partial charge < -0.3 is 5.32 Å². The first kappa shape index (κ1) is 5.54. The molecule has 0 aliphatic rings. The van der Waals surface area contributed by atoms with Gasteiger partial charge in [0.2, 0.25) is 0 Å². The molecule has 0 fully saturated rings. The smallest absolute Gasteiger partial charge is 0.0314 e. The minimum Gasteiger partial charge on any atom is -0.389 e. The summed E-state index contributed by atoms with van der Waals surface area (Å²) in [4.78, 5) is 0. The van der Waals surface area contributed by atoms with Crippen LogP contribution in [0.4, 0.5) is 0 Å². The highest BCUT2D eigenvalue weighted by molar-refractivity contribution is 4.76. The van der Waals surface area contributed by atoms with E-state index in [1.807, 2.05) is 12.3 Å². The Morgan fingerprint density at radius 1 is 1.83 bits per heavy atom. The fraction of sp³-hybridized carbons (Fsp3) is 0.400. The average molecular weight is 84.1 g/mol. The average Bonchev–Trinajstić information content (AvgIpc) is 1.61. The molecule has 0 unspecified atom stereocenters. The lowest BCUT2D eigenvalue weighted by Crippen LogP contribution is -1.84. The molecule has 0 aliphatic carbocycles. The Hall–Kier alpha value is -0.460. The molecular formula is C5H10N. The first-order valence-electron chi connectivity index (χ1n) is 2.09. The second kappa shape index (κ2) is 4.54.